The van der Waals surface area contributed by atoms with Gasteiger partial charge in [0.15, 0.2) is 0 Å². The molecule has 1 N–H and O–H groups in total. The van der Waals surface area contributed by atoms with Crippen molar-refractivity contribution in [3.05, 3.63) is 29.8 Å². The number of hydrogen-bond donors (Lipinski definition) is 1. The van der Waals surface area contributed by atoms with Crippen LogP contribution < -0.4 is 0 Å². The molecular weight excluding hydrogens is 194 g/mol. The van der Waals surface area contributed by atoms with Crippen LogP contribution in [-0.2, 0) is 6.61 Å². The van der Waals surface area contributed by atoms with Gasteiger partial charge in [-0.3, -0.25) is 0 Å². The molecule has 74 valence electrons. The van der Waals surface area contributed by atoms with Crippen molar-refractivity contribution in [2.45, 2.75) is 24.3 Å². The van der Waals surface area contributed by atoms with Gasteiger partial charge in [0, 0.05) is 11.3 Å². The van der Waals surface area contributed by atoms with E-state index >= 15 is 0 Å². The molecule has 0 saturated carbocycles. The van der Waals surface area contributed by atoms with Gasteiger partial charge in [-0.25, -0.2) is 0 Å². The van der Waals surface area contributed by atoms with Crippen molar-refractivity contribution >= 4 is 11.8 Å². The van der Waals surface area contributed by atoms with E-state index in [1.54, 1.807) is 11.8 Å². The Kier molecular flexibility index (Phi) is 5.13. The average molecular weight is 207 g/mol. The second-order valence-corrected chi connectivity index (χ2v) is 4.08. The first-order valence-corrected chi connectivity index (χ1v) is 5.55. The summed E-state index contributed by atoms with van der Waals surface area (Å²) in [6, 6.07) is 9.98. The number of thioether (sulfide) groups is 1. The predicted molar refractivity (Wildman–Crippen MR) is 57.9 cm³/mol. The molecule has 0 saturated heterocycles. The van der Waals surface area contributed by atoms with Gasteiger partial charge in [0.1, 0.15) is 0 Å². The number of rotatable bonds is 5. The van der Waals surface area contributed by atoms with Gasteiger partial charge in [0.05, 0.1) is 12.7 Å². The van der Waals surface area contributed by atoms with Gasteiger partial charge in [-0.2, -0.15) is 5.26 Å². The lowest BCUT2D eigenvalue weighted by molar-refractivity contribution is 0.282. The first kappa shape index (κ1) is 11.1. The number of nitrogens with zero attached hydrogens (tertiary/aromatic N) is 1. The van der Waals surface area contributed by atoms with Crippen LogP contribution in [0.3, 0.4) is 0 Å². The molecule has 0 unspecified atom stereocenters. The molecule has 0 spiro atoms. The van der Waals surface area contributed by atoms with Gasteiger partial charge < -0.3 is 5.11 Å². The largest absolute Gasteiger partial charge is 0.392 e. The highest BCUT2D eigenvalue weighted by Crippen LogP contribution is 2.19. The van der Waals surface area contributed by atoms with Gasteiger partial charge >= 0.3 is 0 Å². The van der Waals surface area contributed by atoms with Crippen LogP contribution >= 0.6 is 11.8 Å². The molecule has 0 aliphatic rings. The van der Waals surface area contributed by atoms with Crippen molar-refractivity contribution < 1.29 is 5.11 Å². The molecule has 0 aliphatic heterocycles. The Hall–Kier alpha value is -0.980. The summed E-state index contributed by atoms with van der Waals surface area (Å²) < 4.78 is 0. The third-order valence-electron chi connectivity index (χ3n) is 1.81. The molecule has 14 heavy (non-hydrogen) atoms. The van der Waals surface area contributed by atoms with Crippen molar-refractivity contribution in [2.24, 2.45) is 0 Å². The van der Waals surface area contributed by atoms with E-state index in [1.165, 1.54) is 4.90 Å². The molecule has 0 aliphatic carbocycles. The second kappa shape index (κ2) is 6.47. The summed E-state index contributed by atoms with van der Waals surface area (Å²) in [4.78, 5) is 1.19. The van der Waals surface area contributed by atoms with E-state index in [9.17, 15) is 0 Å². The minimum absolute atomic E-state index is 0.0966. The maximum atomic E-state index is 8.83. The van der Waals surface area contributed by atoms with Crippen LogP contribution in [0.15, 0.2) is 29.2 Å². The van der Waals surface area contributed by atoms with E-state index in [-0.39, 0.29) is 6.61 Å². The Labute approximate surface area is 88.6 Å². The first-order chi connectivity index (χ1) is 6.86. The Morgan fingerprint density at radius 3 is 2.57 bits per heavy atom. The zero-order chi connectivity index (χ0) is 10.2. The fraction of sp³-hybridized carbons (Fsp3) is 0.364. The van der Waals surface area contributed by atoms with E-state index in [0.29, 0.717) is 6.42 Å². The molecule has 3 heteroatoms. The number of nitriles is 1. The fourth-order valence-electron chi connectivity index (χ4n) is 1.03. The lowest BCUT2D eigenvalue weighted by Crippen LogP contribution is -1.83. The third-order valence-corrected chi connectivity index (χ3v) is 2.91. The van der Waals surface area contributed by atoms with Crippen LogP contribution in [0.25, 0.3) is 0 Å². The summed E-state index contributed by atoms with van der Waals surface area (Å²) in [6.45, 7) is 0.0966. The van der Waals surface area contributed by atoms with E-state index in [0.717, 1.165) is 17.7 Å². The SMILES string of the molecule is N#CCCCSc1ccc(CO)cc1. The second-order valence-electron chi connectivity index (χ2n) is 2.91. The Bertz CT molecular complexity index is 302. The van der Waals surface area contributed by atoms with Crippen LogP contribution in [0.1, 0.15) is 18.4 Å². The zero-order valence-corrected chi connectivity index (χ0v) is 8.76. The molecule has 0 heterocycles. The molecule has 0 fully saturated rings. The van der Waals surface area contributed by atoms with Crippen molar-refractivity contribution in [2.75, 3.05) is 5.75 Å². The van der Waals surface area contributed by atoms with Gasteiger partial charge in [-0.15, -0.1) is 11.8 Å². The summed E-state index contributed by atoms with van der Waals surface area (Å²) in [5, 5.41) is 17.2. The maximum Gasteiger partial charge on any atom is 0.0681 e. The van der Waals surface area contributed by atoms with E-state index in [1.807, 2.05) is 24.3 Å². The third kappa shape index (κ3) is 3.82. The smallest absolute Gasteiger partial charge is 0.0681 e. The topological polar surface area (TPSA) is 44.0 Å². The van der Waals surface area contributed by atoms with Crippen LogP contribution in [0.4, 0.5) is 0 Å². The molecule has 0 amide bonds. The quantitative estimate of drug-likeness (QED) is 0.596. The van der Waals surface area contributed by atoms with E-state index in [2.05, 4.69) is 6.07 Å². The summed E-state index contributed by atoms with van der Waals surface area (Å²) in [5.74, 6) is 0.978. The Balaban J connectivity index is 2.33. The maximum absolute atomic E-state index is 8.83. The lowest BCUT2D eigenvalue weighted by Gasteiger charge is -2.00. The van der Waals surface area contributed by atoms with Crippen molar-refractivity contribution in [1.82, 2.24) is 0 Å². The van der Waals surface area contributed by atoms with Gasteiger partial charge in [0.2, 0.25) is 0 Å². The summed E-state index contributed by atoms with van der Waals surface area (Å²) in [6.07, 6.45) is 1.56. The molecule has 0 aromatic heterocycles. The van der Waals surface area contributed by atoms with Crippen molar-refractivity contribution in [3.8, 4) is 6.07 Å². The molecule has 2 nitrogen and oxygen atoms in total. The van der Waals surface area contributed by atoms with Crippen LogP contribution in [0.2, 0.25) is 0 Å². The highest BCUT2D eigenvalue weighted by atomic mass is 32.2. The standard InChI is InChI=1S/C11H13NOS/c12-7-1-2-8-14-11-5-3-10(9-13)4-6-11/h3-6,13H,1-2,8-9H2. The Morgan fingerprint density at radius 1 is 1.29 bits per heavy atom. The summed E-state index contributed by atoms with van der Waals surface area (Å²) in [7, 11) is 0. The highest BCUT2D eigenvalue weighted by Gasteiger charge is 1.94. The molecular formula is C11H13NOS. The molecule has 1 aromatic carbocycles. The zero-order valence-electron chi connectivity index (χ0n) is 7.94. The van der Waals surface area contributed by atoms with Crippen LogP contribution in [-0.4, -0.2) is 10.9 Å². The van der Waals surface area contributed by atoms with Crippen molar-refractivity contribution in [1.29, 1.82) is 5.26 Å². The van der Waals surface area contributed by atoms with E-state index in [4.69, 9.17) is 10.4 Å². The molecule has 0 bridgehead atoms. The monoisotopic (exact) mass is 207 g/mol. The number of aliphatic hydroxyl groups excluding tert-OH is 1. The molecule has 1 rings (SSSR count). The average Bonchev–Trinajstić information content (AvgIpc) is 2.25. The number of hydrogen-bond acceptors (Lipinski definition) is 3. The van der Waals surface area contributed by atoms with Gasteiger partial charge in [0.25, 0.3) is 0 Å². The summed E-state index contributed by atoms with van der Waals surface area (Å²) >= 11 is 1.75. The Morgan fingerprint density at radius 2 is 2.00 bits per heavy atom. The van der Waals surface area contributed by atoms with Crippen LogP contribution in [0.5, 0.6) is 0 Å². The number of aliphatic hydroxyl groups is 1. The normalized spacial score (nSPS) is 9.71. The number of benzene rings is 1. The van der Waals surface area contributed by atoms with Crippen molar-refractivity contribution in [3.63, 3.8) is 0 Å². The molecule has 1 aromatic rings. The number of unbranched alkanes of at least 4 members (excludes halogenated alkanes) is 1. The van der Waals surface area contributed by atoms with Gasteiger partial charge in [-0.1, -0.05) is 12.1 Å². The van der Waals surface area contributed by atoms with Gasteiger partial charge in [-0.05, 0) is 29.9 Å². The minimum atomic E-state index is 0.0966. The minimum Gasteiger partial charge on any atom is -0.392 e. The molecule has 0 atom stereocenters. The predicted octanol–water partition coefficient (Wildman–Crippen LogP) is 2.57. The summed E-state index contributed by atoms with van der Waals surface area (Å²) in [5.41, 5.74) is 0.936. The first-order valence-electron chi connectivity index (χ1n) is 4.56. The van der Waals surface area contributed by atoms with Crippen LogP contribution in [0, 0.1) is 11.3 Å². The molecule has 0 radical (unpaired) electrons. The lowest BCUT2D eigenvalue weighted by atomic mass is 10.2. The fourth-order valence-corrected chi connectivity index (χ4v) is 1.89. The highest BCUT2D eigenvalue weighted by molar-refractivity contribution is 7.99. The van der Waals surface area contributed by atoms with E-state index < -0.39 is 0 Å².